The maximum Gasteiger partial charge on any atom is 0.323 e. The lowest BCUT2D eigenvalue weighted by molar-refractivity contribution is -0.127. The highest BCUT2D eigenvalue weighted by atomic mass is 16.2. The Hall–Kier alpha value is -2.86. The third kappa shape index (κ3) is 4.17. The zero-order valence-electron chi connectivity index (χ0n) is 16.1. The van der Waals surface area contributed by atoms with Crippen molar-refractivity contribution in [3.05, 3.63) is 70.1 Å². The molecule has 1 aromatic heterocycles. The number of carbonyl (C=O) groups excluding carboxylic acids is 1. The van der Waals surface area contributed by atoms with E-state index in [0.717, 1.165) is 49.1 Å². The Kier molecular flexibility index (Phi) is 5.30. The van der Waals surface area contributed by atoms with Crippen LogP contribution < -0.4 is 11.0 Å². The molecule has 1 amide bonds. The Morgan fingerprint density at radius 2 is 1.96 bits per heavy atom. The Labute approximate surface area is 164 Å². The van der Waals surface area contributed by atoms with Crippen molar-refractivity contribution in [1.29, 1.82) is 0 Å². The fourth-order valence-corrected chi connectivity index (χ4v) is 3.99. The molecular formula is C22H26N4O2. The lowest BCUT2D eigenvalue weighted by atomic mass is 9.96. The molecular weight excluding hydrogens is 352 g/mol. The van der Waals surface area contributed by atoms with Crippen molar-refractivity contribution < 1.29 is 4.79 Å². The number of hydrogen-bond donors (Lipinski definition) is 3. The summed E-state index contributed by atoms with van der Waals surface area (Å²) >= 11 is 0. The molecule has 0 saturated carbocycles. The van der Waals surface area contributed by atoms with Crippen molar-refractivity contribution >= 4 is 16.9 Å². The first kappa shape index (κ1) is 18.5. The summed E-state index contributed by atoms with van der Waals surface area (Å²) in [6.45, 7) is 4.69. The van der Waals surface area contributed by atoms with E-state index in [9.17, 15) is 9.59 Å². The van der Waals surface area contributed by atoms with Crippen LogP contribution >= 0.6 is 0 Å². The summed E-state index contributed by atoms with van der Waals surface area (Å²) in [6, 6.07) is 16.0. The van der Waals surface area contributed by atoms with Crippen LogP contribution in [0.3, 0.4) is 0 Å². The van der Waals surface area contributed by atoms with Gasteiger partial charge in [-0.25, -0.2) is 4.79 Å². The van der Waals surface area contributed by atoms with Crippen molar-refractivity contribution in [2.45, 2.75) is 32.4 Å². The SMILES string of the molecule is CC(NC(=O)C1CCCN(Cc2ccccc2)C1)c1ccc2[nH]c(=O)[nH]c2c1. The number of carbonyl (C=O) groups is 1. The van der Waals surface area contributed by atoms with Gasteiger partial charge < -0.3 is 15.3 Å². The van der Waals surface area contributed by atoms with E-state index >= 15 is 0 Å². The number of piperidine rings is 1. The van der Waals surface area contributed by atoms with E-state index in [2.05, 4.69) is 44.5 Å². The molecule has 0 radical (unpaired) electrons. The fraction of sp³-hybridized carbons (Fsp3) is 0.364. The number of amides is 1. The van der Waals surface area contributed by atoms with Crippen molar-refractivity contribution in [1.82, 2.24) is 20.2 Å². The van der Waals surface area contributed by atoms with E-state index in [1.807, 2.05) is 31.2 Å². The van der Waals surface area contributed by atoms with Gasteiger partial charge in [-0.1, -0.05) is 36.4 Å². The van der Waals surface area contributed by atoms with Gasteiger partial charge in [-0.15, -0.1) is 0 Å². The molecule has 3 aromatic rings. The van der Waals surface area contributed by atoms with Crippen LogP contribution in [0.4, 0.5) is 0 Å². The van der Waals surface area contributed by atoms with E-state index in [4.69, 9.17) is 0 Å². The Balaban J connectivity index is 1.38. The molecule has 6 heteroatoms. The molecule has 3 N–H and O–H groups in total. The molecule has 1 aliphatic heterocycles. The summed E-state index contributed by atoms with van der Waals surface area (Å²) in [5.74, 6) is 0.114. The van der Waals surface area contributed by atoms with E-state index in [1.54, 1.807) is 0 Å². The minimum atomic E-state index is -0.218. The summed E-state index contributed by atoms with van der Waals surface area (Å²) in [5.41, 5.74) is 3.58. The number of aromatic nitrogens is 2. The lowest BCUT2D eigenvalue weighted by Gasteiger charge is -2.32. The van der Waals surface area contributed by atoms with Gasteiger partial charge in [-0.3, -0.25) is 9.69 Å². The highest BCUT2D eigenvalue weighted by molar-refractivity contribution is 5.80. The smallest absolute Gasteiger partial charge is 0.323 e. The number of rotatable bonds is 5. The topological polar surface area (TPSA) is 81.0 Å². The summed E-state index contributed by atoms with van der Waals surface area (Å²) in [5, 5.41) is 3.15. The number of fused-ring (bicyclic) bond motifs is 1. The highest BCUT2D eigenvalue weighted by Gasteiger charge is 2.26. The van der Waals surface area contributed by atoms with Crippen molar-refractivity contribution in [2.75, 3.05) is 13.1 Å². The van der Waals surface area contributed by atoms with E-state index in [-0.39, 0.29) is 23.6 Å². The van der Waals surface area contributed by atoms with Crippen molar-refractivity contribution in [3.63, 3.8) is 0 Å². The highest BCUT2D eigenvalue weighted by Crippen LogP contribution is 2.21. The van der Waals surface area contributed by atoms with Crippen LogP contribution in [0.25, 0.3) is 11.0 Å². The molecule has 2 atom stereocenters. The number of H-pyrrole nitrogens is 2. The number of aromatic amines is 2. The number of nitrogens with one attached hydrogen (secondary N) is 3. The van der Waals surface area contributed by atoms with Crippen LogP contribution in [0, 0.1) is 5.92 Å². The van der Waals surface area contributed by atoms with Gasteiger partial charge in [0.05, 0.1) is 23.0 Å². The van der Waals surface area contributed by atoms with E-state index in [0.29, 0.717) is 0 Å². The van der Waals surface area contributed by atoms with Crippen LogP contribution in [0.1, 0.15) is 36.9 Å². The van der Waals surface area contributed by atoms with Gasteiger partial charge in [-0.2, -0.15) is 0 Å². The van der Waals surface area contributed by atoms with Gasteiger partial charge in [0.15, 0.2) is 0 Å². The minimum absolute atomic E-state index is 0.00992. The van der Waals surface area contributed by atoms with Crippen molar-refractivity contribution in [3.8, 4) is 0 Å². The predicted octanol–water partition coefficient (Wildman–Crippen LogP) is 2.95. The largest absolute Gasteiger partial charge is 0.349 e. The molecule has 2 heterocycles. The van der Waals surface area contributed by atoms with Gasteiger partial charge in [0.1, 0.15) is 0 Å². The average Bonchev–Trinajstić information content (AvgIpc) is 3.08. The second-order valence-electron chi connectivity index (χ2n) is 7.67. The number of imidazole rings is 1. The summed E-state index contributed by atoms with van der Waals surface area (Å²) < 4.78 is 0. The van der Waals surface area contributed by atoms with Crippen LogP contribution in [-0.2, 0) is 11.3 Å². The molecule has 1 fully saturated rings. The normalized spacial score (nSPS) is 18.8. The van der Waals surface area contributed by atoms with Crippen LogP contribution in [0.15, 0.2) is 53.3 Å². The maximum atomic E-state index is 12.8. The molecule has 0 spiro atoms. The quantitative estimate of drug-likeness (QED) is 0.638. The molecule has 28 heavy (non-hydrogen) atoms. The number of hydrogen-bond acceptors (Lipinski definition) is 3. The average molecular weight is 378 g/mol. The first-order valence-corrected chi connectivity index (χ1v) is 9.87. The molecule has 2 unspecified atom stereocenters. The molecule has 6 nitrogen and oxygen atoms in total. The fourth-order valence-electron chi connectivity index (χ4n) is 3.99. The zero-order chi connectivity index (χ0) is 19.5. The molecule has 1 saturated heterocycles. The monoisotopic (exact) mass is 378 g/mol. The van der Waals surface area contributed by atoms with Gasteiger partial charge >= 0.3 is 5.69 Å². The Morgan fingerprint density at radius 1 is 1.18 bits per heavy atom. The number of likely N-dealkylation sites (tertiary alicyclic amines) is 1. The van der Waals surface area contributed by atoms with Gasteiger partial charge in [0, 0.05) is 13.1 Å². The third-order valence-electron chi connectivity index (χ3n) is 5.52. The van der Waals surface area contributed by atoms with Gasteiger partial charge in [0.25, 0.3) is 0 Å². The second-order valence-corrected chi connectivity index (χ2v) is 7.67. The number of benzene rings is 2. The maximum absolute atomic E-state index is 12.8. The molecule has 146 valence electrons. The Morgan fingerprint density at radius 3 is 2.79 bits per heavy atom. The van der Waals surface area contributed by atoms with E-state index in [1.165, 1.54) is 5.56 Å². The molecule has 1 aliphatic rings. The number of nitrogens with zero attached hydrogens (tertiary/aromatic N) is 1. The Bertz CT molecular complexity index is 1010. The van der Waals surface area contributed by atoms with Crippen LogP contribution in [-0.4, -0.2) is 33.9 Å². The minimum Gasteiger partial charge on any atom is -0.349 e. The van der Waals surface area contributed by atoms with E-state index < -0.39 is 0 Å². The molecule has 0 bridgehead atoms. The lowest BCUT2D eigenvalue weighted by Crippen LogP contribution is -2.43. The standard InChI is InChI=1S/C22H26N4O2/c1-15(17-9-10-19-20(12-17)25-22(28)24-19)23-21(27)18-8-5-11-26(14-18)13-16-6-3-2-4-7-16/h2-4,6-7,9-10,12,15,18H,5,8,11,13-14H2,1H3,(H,23,27)(H2,24,25,28). The zero-order valence-corrected chi connectivity index (χ0v) is 16.1. The van der Waals surface area contributed by atoms with Crippen LogP contribution in [0.5, 0.6) is 0 Å². The predicted molar refractivity (Wildman–Crippen MR) is 110 cm³/mol. The molecule has 0 aliphatic carbocycles. The molecule has 4 rings (SSSR count). The summed E-state index contributed by atoms with van der Waals surface area (Å²) in [6.07, 6.45) is 1.96. The van der Waals surface area contributed by atoms with Crippen molar-refractivity contribution in [2.24, 2.45) is 5.92 Å². The molecule has 2 aromatic carbocycles. The summed E-state index contributed by atoms with van der Waals surface area (Å²) in [7, 11) is 0. The summed E-state index contributed by atoms with van der Waals surface area (Å²) in [4.78, 5) is 32.1. The van der Waals surface area contributed by atoms with Gasteiger partial charge in [0.2, 0.25) is 5.91 Å². The third-order valence-corrected chi connectivity index (χ3v) is 5.52. The van der Waals surface area contributed by atoms with Crippen LogP contribution in [0.2, 0.25) is 0 Å². The first-order chi connectivity index (χ1) is 13.6. The first-order valence-electron chi connectivity index (χ1n) is 9.87. The van der Waals surface area contributed by atoms with Gasteiger partial charge in [-0.05, 0) is 49.6 Å². The second kappa shape index (κ2) is 8.02.